The van der Waals surface area contributed by atoms with Gasteiger partial charge in [-0.2, -0.15) is 0 Å². The monoisotopic (exact) mass is 444 g/mol. The third-order valence-corrected chi connectivity index (χ3v) is 4.68. The number of halogens is 1. The largest absolute Gasteiger partial charge is 0.506 e. The van der Waals surface area contributed by atoms with E-state index in [-0.39, 0.29) is 34.8 Å². The van der Waals surface area contributed by atoms with Gasteiger partial charge in [-0.15, -0.1) is 0 Å². The molecule has 0 fully saturated rings. The first kappa shape index (κ1) is 20.7. The lowest BCUT2D eigenvalue weighted by Gasteiger charge is -2.18. The zero-order valence-corrected chi connectivity index (χ0v) is 16.3. The van der Waals surface area contributed by atoms with Crippen LogP contribution in [0.25, 0.3) is 0 Å². The number of rotatable bonds is 7. The van der Waals surface area contributed by atoms with Crippen LogP contribution >= 0.6 is 23.8 Å². The SMILES string of the molecule is Cc1ncc(COP(=O)(O)O)c([C@@H](N)CC(=O)c2ccc(Br)cc2)c1O. The first-order valence-electron chi connectivity index (χ1n) is 7.50. The van der Waals surface area contributed by atoms with Gasteiger partial charge in [0, 0.05) is 39.8 Å². The van der Waals surface area contributed by atoms with Gasteiger partial charge in [-0.1, -0.05) is 28.1 Å². The van der Waals surface area contributed by atoms with Crippen molar-refractivity contribution >= 4 is 29.5 Å². The van der Waals surface area contributed by atoms with Crippen LogP contribution in [-0.2, 0) is 15.7 Å². The normalized spacial score (nSPS) is 12.8. The van der Waals surface area contributed by atoms with Crippen LogP contribution in [-0.4, -0.2) is 25.7 Å². The summed E-state index contributed by atoms with van der Waals surface area (Å²) in [4.78, 5) is 34.1. The van der Waals surface area contributed by atoms with Gasteiger partial charge in [0.25, 0.3) is 0 Å². The van der Waals surface area contributed by atoms with Crippen LogP contribution < -0.4 is 5.73 Å². The summed E-state index contributed by atoms with van der Waals surface area (Å²) in [6.45, 7) is 1.05. The van der Waals surface area contributed by atoms with Crippen molar-refractivity contribution in [3.8, 4) is 5.75 Å². The van der Waals surface area contributed by atoms with E-state index < -0.39 is 20.5 Å². The van der Waals surface area contributed by atoms with Crippen LogP contribution in [0.3, 0.4) is 0 Å². The van der Waals surface area contributed by atoms with Crippen LogP contribution in [0.4, 0.5) is 0 Å². The molecule has 10 heteroatoms. The molecular weight excluding hydrogens is 427 g/mol. The zero-order chi connectivity index (χ0) is 19.5. The quantitative estimate of drug-likeness (QED) is 0.377. The van der Waals surface area contributed by atoms with E-state index in [0.29, 0.717) is 5.56 Å². The fourth-order valence-corrected chi connectivity index (χ4v) is 2.96. The molecule has 0 bridgehead atoms. The topological polar surface area (TPSA) is 143 Å². The number of phosphoric ester groups is 1. The number of ketones is 1. The number of benzene rings is 1. The average Bonchev–Trinajstić information content (AvgIpc) is 2.55. The van der Waals surface area contributed by atoms with Gasteiger partial charge in [-0.3, -0.25) is 14.3 Å². The van der Waals surface area contributed by atoms with Gasteiger partial charge in [0.2, 0.25) is 0 Å². The first-order valence-corrected chi connectivity index (χ1v) is 9.82. The smallest absolute Gasteiger partial charge is 0.469 e. The number of carbonyl (C=O) groups excluding carboxylic acids is 1. The number of pyridine rings is 1. The third-order valence-electron chi connectivity index (χ3n) is 3.69. The Labute approximate surface area is 158 Å². The number of aromatic hydroxyl groups is 1. The highest BCUT2D eigenvalue weighted by molar-refractivity contribution is 9.10. The summed E-state index contributed by atoms with van der Waals surface area (Å²) in [6.07, 6.45) is 1.20. The van der Waals surface area contributed by atoms with Crippen LogP contribution in [0.2, 0.25) is 0 Å². The Bertz CT molecular complexity index is 853. The third kappa shape index (κ3) is 5.44. The van der Waals surface area contributed by atoms with Crippen molar-refractivity contribution in [3.63, 3.8) is 0 Å². The summed E-state index contributed by atoms with van der Waals surface area (Å²) >= 11 is 3.29. The first-order chi connectivity index (χ1) is 12.1. The molecule has 140 valence electrons. The molecule has 0 unspecified atom stereocenters. The summed E-state index contributed by atoms with van der Waals surface area (Å²) in [7, 11) is -4.71. The van der Waals surface area contributed by atoms with Crippen molar-refractivity contribution in [2.45, 2.75) is 26.0 Å². The van der Waals surface area contributed by atoms with E-state index >= 15 is 0 Å². The molecule has 0 radical (unpaired) electrons. The molecule has 0 saturated heterocycles. The lowest BCUT2D eigenvalue weighted by Crippen LogP contribution is -2.18. The Kier molecular flexibility index (Phi) is 6.68. The van der Waals surface area contributed by atoms with Gasteiger partial charge in [0.1, 0.15) is 5.75 Å². The fraction of sp³-hybridized carbons (Fsp3) is 0.250. The Hall–Kier alpha value is -1.61. The summed E-state index contributed by atoms with van der Waals surface area (Å²) < 4.78 is 16.2. The number of nitrogens with two attached hydrogens (primary N) is 1. The van der Waals surface area contributed by atoms with Crippen molar-refractivity contribution in [2.75, 3.05) is 0 Å². The van der Waals surface area contributed by atoms with Crippen LogP contribution in [0, 0.1) is 6.92 Å². The molecular formula is C16H18BrN2O6P. The van der Waals surface area contributed by atoms with Gasteiger partial charge in [0.15, 0.2) is 5.78 Å². The number of Topliss-reactive ketones (excluding diaryl/α,β-unsaturated/α-hetero) is 1. The molecule has 1 aromatic carbocycles. The summed E-state index contributed by atoms with van der Waals surface area (Å²) in [6, 6.07) is 5.85. The second-order valence-corrected chi connectivity index (χ2v) is 7.79. The summed E-state index contributed by atoms with van der Waals surface area (Å²) in [5.74, 6) is -0.464. The van der Waals surface area contributed by atoms with E-state index in [9.17, 15) is 14.5 Å². The number of aromatic nitrogens is 1. The second-order valence-electron chi connectivity index (χ2n) is 5.64. The highest BCUT2D eigenvalue weighted by atomic mass is 79.9. The van der Waals surface area contributed by atoms with E-state index in [1.165, 1.54) is 6.20 Å². The van der Waals surface area contributed by atoms with Gasteiger partial charge < -0.3 is 20.6 Å². The Balaban J connectivity index is 2.27. The number of aryl methyl sites for hydroxylation is 1. The molecule has 1 atom stereocenters. The molecule has 8 nitrogen and oxygen atoms in total. The molecule has 0 aliphatic heterocycles. The maximum absolute atomic E-state index is 12.4. The number of phosphoric acid groups is 1. The molecule has 1 aromatic heterocycles. The van der Waals surface area contributed by atoms with Crippen molar-refractivity contribution in [1.29, 1.82) is 0 Å². The van der Waals surface area contributed by atoms with Crippen molar-refractivity contribution in [1.82, 2.24) is 4.98 Å². The number of hydrogen-bond donors (Lipinski definition) is 4. The molecule has 0 amide bonds. The van der Waals surface area contributed by atoms with Gasteiger partial charge >= 0.3 is 7.82 Å². The molecule has 0 spiro atoms. The average molecular weight is 445 g/mol. The number of hydrogen-bond acceptors (Lipinski definition) is 6. The van der Waals surface area contributed by atoms with Gasteiger partial charge in [0.05, 0.1) is 12.3 Å². The lowest BCUT2D eigenvalue weighted by atomic mass is 9.95. The Morgan fingerprint density at radius 2 is 1.96 bits per heavy atom. The van der Waals surface area contributed by atoms with Crippen molar-refractivity contribution in [3.05, 3.63) is 57.3 Å². The van der Waals surface area contributed by atoms with Crippen molar-refractivity contribution in [2.24, 2.45) is 5.73 Å². The van der Waals surface area contributed by atoms with E-state index in [1.807, 2.05) is 0 Å². The van der Waals surface area contributed by atoms with E-state index in [1.54, 1.807) is 31.2 Å². The van der Waals surface area contributed by atoms with E-state index in [4.69, 9.17) is 15.5 Å². The maximum Gasteiger partial charge on any atom is 0.469 e. The second kappa shape index (κ2) is 8.39. The van der Waals surface area contributed by atoms with Crippen LogP contribution in [0.1, 0.15) is 39.6 Å². The minimum Gasteiger partial charge on any atom is -0.506 e. The zero-order valence-electron chi connectivity index (χ0n) is 13.8. The predicted octanol–water partition coefficient (Wildman–Crippen LogP) is 2.74. The van der Waals surface area contributed by atoms with Crippen LogP contribution in [0.15, 0.2) is 34.9 Å². The Morgan fingerprint density at radius 1 is 1.35 bits per heavy atom. The van der Waals surface area contributed by atoms with E-state index in [0.717, 1.165) is 4.47 Å². The molecule has 2 rings (SSSR count). The molecule has 2 aromatic rings. The van der Waals surface area contributed by atoms with Gasteiger partial charge in [-0.05, 0) is 19.1 Å². The van der Waals surface area contributed by atoms with Crippen molar-refractivity contribution < 1.29 is 28.8 Å². The minimum atomic E-state index is -4.71. The molecule has 0 aliphatic rings. The summed E-state index contributed by atoms with van der Waals surface area (Å²) in [5, 5.41) is 10.3. The number of carbonyl (C=O) groups is 1. The molecule has 1 heterocycles. The van der Waals surface area contributed by atoms with Gasteiger partial charge in [-0.25, -0.2) is 4.57 Å². The Morgan fingerprint density at radius 3 is 2.54 bits per heavy atom. The predicted molar refractivity (Wildman–Crippen MR) is 97.5 cm³/mol. The standard InChI is InChI=1S/C16H18BrN2O6P/c1-9-16(21)15(11(7-19-9)8-25-26(22,23)24)13(18)6-14(20)10-2-4-12(17)5-3-10/h2-5,7,13,21H,6,8,18H2,1H3,(H2,22,23,24)/t13-/m0/s1. The molecule has 0 aliphatic carbocycles. The molecule has 5 N–H and O–H groups in total. The maximum atomic E-state index is 12.4. The molecule has 0 saturated carbocycles. The fourth-order valence-electron chi connectivity index (χ4n) is 2.39. The minimum absolute atomic E-state index is 0.110. The summed E-state index contributed by atoms with van der Waals surface area (Å²) in [5.41, 5.74) is 7.23. The molecule has 26 heavy (non-hydrogen) atoms. The highest BCUT2D eigenvalue weighted by Crippen LogP contribution is 2.39. The number of nitrogens with zero attached hydrogens (tertiary/aromatic N) is 1. The van der Waals surface area contributed by atoms with Crippen LogP contribution in [0.5, 0.6) is 5.75 Å². The lowest BCUT2D eigenvalue weighted by molar-refractivity contribution is 0.0973. The highest BCUT2D eigenvalue weighted by Gasteiger charge is 2.23. The van der Waals surface area contributed by atoms with E-state index in [2.05, 4.69) is 25.4 Å².